The smallest absolute Gasteiger partial charge is 0.257 e. The van der Waals surface area contributed by atoms with Crippen LogP contribution in [0, 0.1) is 0 Å². The van der Waals surface area contributed by atoms with Gasteiger partial charge < -0.3 is 19.5 Å². The van der Waals surface area contributed by atoms with Crippen LogP contribution in [0.5, 0.6) is 17.2 Å². The Bertz CT molecular complexity index is 742. The van der Waals surface area contributed by atoms with Crippen molar-refractivity contribution in [1.82, 2.24) is 4.90 Å². The lowest BCUT2D eigenvalue weighted by molar-refractivity contribution is 0.0731. The Morgan fingerprint density at radius 1 is 1.09 bits per heavy atom. The molecule has 0 aliphatic carbocycles. The van der Waals surface area contributed by atoms with E-state index in [0.29, 0.717) is 30.2 Å². The summed E-state index contributed by atoms with van der Waals surface area (Å²) in [6.45, 7) is 1.15. The lowest BCUT2D eigenvalue weighted by Crippen LogP contribution is -2.36. The van der Waals surface area contributed by atoms with E-state index in [4.69, 9.17) is 9.47 Å². The van der Waals surface area contributed by atoms with E-state index < -0.39 is 0 Å². The molecule has 1 amide bonds. The van der Waals surface area contributed by atoms with E-state index in [1.165, 1.54) is 0 Å². The minimum Gasteiger partial charge on any atom is -0.508 e. The van der Waals surface area contributed by atoms with Gasteiger partial charge >= 0.3 is 0 Å². The minimum absolute atomic E-state index is 0.0665. The molecule has 120 valence electrons. The van der Waals surface area contributed by atoms with Crippen LogP contribution in [-0.4, -0.2) is 36.7 Å². The maximum atomic E-state index is 12.8. The number of carbonyl (C=O) groups is 1. The van der Waals surface area contributed by atoms with Gasteiger partial charge in [-0.15, -0.1) is 0 Å². The Morgan fingerprint density at radius 2 is 1.91 bits per heavy atom. The molecule has 0 unspecified atom stereocenters. The summed E-state index contributed by atoms with van der Waals surface area (Å²) in [6.07, 6.45) is 0.730. The molecule has 0 aromatic heterocycles. The van der Waals surface area contributed by atoms with E-state index in [1.807, 2.05) is 6.07 Å². The van der Waals surface area contributed by atoms with Crippen molar-refractivity contribution in [2.24, 2.45) is 0 Å². The van der Waals surface area contributed by atoms with Crippen LogP contribution in [0.2, 0.25) is 0 Å². The first-order valence-electron chi connectivity index (χ1n) is 7.44. The summed E-state index contributed by atoms with van der Waals surface area (Å²) >= 11 is 0. The molecule has 5 heteroatoms. The number of methoxy groups -OCH3 is 2. The number of aromatic hydroxyl groups is 1. The maximum absolute atomic E-state index is 12.8. The third-order valence-electron chi connectivity index (χ3n) is 4.13. The molecule has 0 radical (unpaired) electrons. The van der Waals surface area contributed by atoms with Gasteiger partial charge in [-0.2, -0.15) is 0 Å². The van der Waals surface area contributed by atoms with E-state index >= 15 is 0 Å². The van der Waals surface area contributed by atoms with Crippen molar-refractivity contribution in [3.8, 4) is 17.2 Å². The van der Waals surface area contributed by atoms with Crippen LogP contribution >= 0.6 is 0 Å². The molecule has 2 aromatic carbocycles. The third-order valence-corrected chi connectivity index (χ3v) is 4.13. The molecule has 1 heterocycles. The fourth-order valence-corrected chi connectivity index (χ4v) is 2.86. The first-order chi connectivity index (χ1) is 11.1. The summed E-state index contributed by atoms with van der Waals surface area (Å²) in [6, 6.07) is 10.5. The van der Waals surface area contributed by atoms with Crippen LogP contribution in [0.15, 0.2) is 36.4 Å². The fraction of sp³-hybridized carbons (Fsp3) is 0.278. The molecule has 0 bridgehead atoms. The summed E-state index contributed by atoms with van der Waals surface area (Å²) in [5, 5.41) is 9.55. The predicted octanol–water partition coefficient (Wildman–Crippen LogP) is 2.61. The highest BCUT2D eigenvalue weighted by molar-refractivity contribution is 5.97. The monoisotopic (exact) mass is 313 g/mol. The molecular weight excluding hydrogens is 294 g/mol. The molecule has 23 heavy (non-hydrogen) atoms. The van der Waals surface area contributed by atoms with Crippen LogP contribution in [-0.2, 0) is 13.0 Å². The number of fused-ring (bicyclic) bond motifs is 1. The van der Waals surface area contributed by atoms with E-state index in [2.05, 4.69) is 0 Å². The Hall–Kier alpha value is -2.69. The average Bonchev–Trinajstić information content (AvgIpc) is 2.60. The molecule has 1 N–H and O–H groups in total. The lowest BCUT2D eigenvalue weighted by atomic mass is 9.98. The average molecular weight is 313 g/mol. The highest BCUT2D eigenvalue weighted by Crippen LogP contribution is 2.28. The molecule has 0 fully saturated rings. The summed E-state index contributed by atoms with van der Waals surface area (Å²) in [4.78, 5) is 14.6. The van der Waals surface area contributed by atoms with E-state index in [9.17, 15) is 9.90 Å². The second-order valence-corrected chi connectivity index (χ2v) is 5.50. The van der Waals surface area contributed by atoms with Crippen molar-refractivity contribution < 1.29 is 19.4 Å². The molecule has 0 saturated carbocycles. The highest BCUT2D eigenvalue weighted by Gasteiger charge is 2.24. The summed E-state index contributed by atoms with van der Waals surface area (Å²) in [5.74, 6) is 1.35. The number of phenolic OH excluding ortho intramolecular Hbond substituents is 1. The van der Waals surface area contributed by atoms with Gasteiger partial charge in [0.25, 0.3) is 5.91 Å². The maximum Gasteiger partial charge on any atom is 0.257 e. The van der Waals surface area contributed by atoms with Crippen LogP contribution in [0.4, 0.5) is 0 Å². The number of carbonyl (C=O) groups excluding carboxylic acids is 1. The summed E-state index contributed by atoms with van der Waals surface area (Å²) in [5.41, 5.74) is 2.68. The SMILES string of the molecule is COc1ccc(C(=O)N2CCc3cc(O)ccc3C2)c(OC)c1. The van der Waals surface area contributed by atoms with E-state index in [0.717, 1.165) is 17.5 Å². The zero-order valence-electron chi connectivity index (χ0n) is 13.2. The minimum atomic E-state index is -0.0665. The van der Waals surface area contributed by atoms with E-state index in [-0.39, 0.29) is 11.7 Å². The van der Waals surface area contributed by atoms with Crippen molar-refractivity contribution in [3.63, 3.8) is 0 Å². The number of phenols is 1. The van der Waals surface area contributed by atoms with Crippen molar-refractivity contribution >= 4 is 5.91 Å². The highest BCUT2D eigenvalue weighted by atomic mass is 16.5. The van der Waals surface area contributed by atoms with Crippen molar-refractivity contribution in [1.29, 1.82) is 0 Å². The number of hydrogen-bond donors (Lipinski definition) is 1. The first-order valence-corrected chi connectivity index (χ1v) is 7.44. The van der Waals surface area contributed by atoms with Gasteiger partial charge in [-0.3, -0.25) is 4.79 Å². The van der Waals surface area contributed by atoms with Gasteiger partial charge in [0.15, 0.2) is 0 Å². The second kappa shape index (κ2) is 6.20. The first kappa shape index (κ1) is 15.2. The molecule has 5 nitrogen and oxygen atoms in total. The van der Waals surface area contributed by atoms with Crippen LogP contribution < -0.4 is 9.47 Å². The fourth-order valence-electron chi connectivity index (χ4n) is 2.86. The van der Waals surface area contributed by atoms with Crippen molar-refractivity contribution in [3.05, 3.63) is 53.1 Å². The molecule has 2 aromatic rings. The molecule has 0 saturated heterocycles. The molecule has 3 rings (SSSR count). The number of nitrogens with zero attached hydrogens (tertiary/aromatic N) is 1. The third kappa shape index (κ3) is 2.95. The van der Waals surface area contributed by atoms with Crippen LogP contribution in [0.25, 0.3) is 0 Å². The van der Waals surface area contributed by atoms with Gasteiger partial charge in [-0.25, -0.2) is 0 Å². The Labute approximate surface area is 135 Å². The molecule has 0 atom stereocenters. The van der Waals surface area contributed by atoms with Gasteiger partial charge in [0.2, 0.25) is 0 Å². The van der Waals surface area contributed by atoms with Gasteiger partial charge in [-0.05, 0) is 41.8 Å². The molecule has 0 spiro atoms. The molecular formula is C18H19NO4. The van der Waals surface area contributed by atoms with Crippen LogP contribution in [0.1, 0.15) is 21.5 Å². The Kier molecular flexibility index (Phi) is 4.10. The molecule has 1 aliphatic rings. The summed E-state index contributed by atoms with van der Waals surface area (Å²) < 4.78 is 10.5. The predicted molar refractivity (Wildman–Crippen MR) is 86.1 cm³/mol. The molecule has 1 aliphatic heterocycles. The van der Waals surface area contributed by atoms with Crippen LogP contribution in [0.3, 0.4) is 0 Å². The summed E-state index contributed by atoms with van der Waals surface area (Å²) in [7, 11) is 3.12. The zero-order valence-corrected chi connectivity index (χ0v) is 13.2. The largest absolute Gasteiger partial charge is 0.508 e. The zero-order chi connectivity index (χ0) is 16.4. The van der Waals surface area contributed by atoms with E-state index in [1.54, 1.807) is 49.5 Å². The van der Waals surface area contributed by atoms with Gasteiger partial charge in [-0.1, -0.05) is 6.07 Å². The second-order valence-electron chi connectivity index (χ2n) is 5.50. The number of ether oxygens (including phenoxy) is 2. The van der Waals surface area contributed by atoms with Crippen molar-refractivity contribution in [2.75, 3.05) is 20.8 Å². The Balaban J connectivity index is 1.86. The Morgan fingerprint density at radius 3 is 2.65 bits per heavy atom. The van der Waals surface area contributed by atoms with Gasteiger partial charge in [0.05, 0.1) is 19.8 Å². The standard InChI is InChI=1S/C18H19NO4/c1-22-15-5-6-16(17(10-15)23-2)18(21)19-8-7-12-9-14(20)4-3-13(12)11-19/h3-6,9-10,20H,7-8,11H2,1-2H3. The van der Waals surface area contributed by atoms with Gasteiger partial charge in [0.1, 0.15) is 17.2 Å². The number of rotatable bonds is 3. The van der Waals surface area contributed by atoms with Gasteiger partial charge in [0, 0.05) is 19.2 Å². The normalized spacial score (nSPS) is 13.4. The number of amides is 1. The number of benzene rings is 2. The lowest BCUT2D eigenvalue weighted by Gasteiger charge is -2.29. The quantitative estimate of drug-likeness (QED) is 0.946. The number of hydrogen-bond acceptors (Lipinski definition) is 4. The topological polar surface area (TPSA) is 59.0 Å². The van der Waals surface area contributed by atoms with Crippen molar-refractivity contribution in [2.45, 2.75) is 13.0 Å².